The third-order valence-electron chi connectivity index (χ3n) is 2.82. The van der Waals surface area contributed by atoms with E-state index in [1.807, 2.05) is 0 Å². The number of carbonyl (C=O) groups is 1. The topological polar surface area (TPSA) is 88.2 Å². The predicted octanol–water partition coefficient (Wildman–Crippen LogP) is 1.49. The first kappa shape index (κ1) is 14.4. The highest BCUT2D eigenvalue weighted by molar-refractivity contribution is 7.91. The van der Waals surface area contributed by atoms with E-state index in [9.17, 15) is 13.2 Å². The van der Waals surface area contributed by atoms with Crippen LogP contribution in [0.25, 0.3) is 0 Å². The summed E-state index contributed by atoms with van der Waals surface area (Å²) in [4.78, 5) is 15.3. The molecular weight excluding hydrogens is 286 g/mol. The Kier molecular flexibility index (Phi) is 4.22. The molecule has 0 radical (unpaired) electrons. The second kappa shape index (κ2) is 5.56. The average Bonchev–Trinajstić information content (AvgIpc) is 3.10. The van der Waals surface area contributed by atoms with Crippen molar-refractivity contribution in [3.63, 3.8) is 0 Å². The fraction of sp³-hybridized carbons (Fsp3) is 0.636. The fourth-order valence-electron chi connectivity index (χ4n) is 1.51. The molecule has 1 aliphatic rings. The molecule has 2 rings (SSSR count). The van der Waals surface area contributed by atoms with Crippen LogP contribution in [0, 0.1) is 12.8 Å². The van der Waals surface area contributed by atoms with E-state index < -0.39 is 10.0 Å². The van der Waals surface area contributed by atoms with Gasteiger partial charge < -0.3 is 5.32 Å². The van der Waals surface area contributed by atoms with Crippen LogP contribution in [0.4, 0.5) is 5.13 Å². The first-order valence-electron chi connectivity index (χ1n) is 6.19. The zero-order valence-electron chi connectivity index (χ0n) is 10.9. The Hall–Kier alpha value is -0.990. The molecular formula is C11H17N3O3S2. The van der Waals surface area contributed by atoms with Gasteiger partial charge >= 0.3 is 0 Å². The number of carbonyl (C=O) groups excluding carboxylic acids is 1. The molecule has 1 amide bonds. The summed E-state index contributed by atoms with van der Waals surface area (Å²) in [6.45, 7) is 3.84. The minimum absolute atomic E-state index is 0.177. The molecule has 0 saturated heterocycles. The largest absolute Gasteiger partial charge is 0.302 e. The van der Waals surface area contributed by atoms with Gasteiger partial charge in [0.05, 0.1) is 5.69 Å². The van der Waals surface area contributed by atoms with E-state index in [1.165, 1.54) is 0 Å². The molecule has 0 atom stereocenters. The number of hydrogen-bond acceptors (Lipinski definition) is 5. The Labute approximate surface area is 116 Å². The van der Waals surface area contributed by atoms with Crippen molar-refractivity contribution in [3.8, 4) is 0 Å². The van der Waals surface area contributed by atoms with Gasteiger partial charge in [0, 0.05) is 13.0 Å². The summed E-state index contributed by atoms with van der Waals surface area (Å²) in [6.07, 6.45) is 2.50. The van der Waals surface area contributed by atoms with Crippen molar-refractivity contribution in [2.24, 2.45) is 5.92 Å². The Bertz CT molecular complexity index is 576. The van der Waals surface area contributed by atoms with E-state index in [4.69, 9.17) is 0 Å². The van der Waals surface area contributed by atoms with Gasteiger partial charge in [-0.05, 0) is 25.7 Å². The molecule has 0 spiro atoms. The molecule has 1 aromatic heterocycles. The number of aromatic nitrogens is 1. The number of nitrogens with one attached hydrogen (secondary N) is 2. The van der Waals surface area contributed by atoms with Crippen molar-refractivity contribution in [1.82, 2.24) is 9.71 Å². The molecule has 1 saturated carbocycles. The van der Waals surface area contributed by atoms with Crippen molar-refractivity contribution in [2.45, 2.75) is 37.3 Å². The summed E-state index contributed by atoms with van der Waals surface area (Å²) in [5.74, 6) is 0.297. The van der Waals surface area contributed by atoms with Gasteiger partial charge in [-0.15, -0.1) is 0 Å². The number of thiazole rings is 1. The first-order valence-corrected chi connectivity index (χ1v) is 8.49. The van der Waals surface area contributed by atoms with Crippen molar-refractivity contribution in [1.29, 1.82) is 0 Å². The first-order chi connectivity index (χ1) is 8.92. The maximum Gasteiger partial charge on any atom is 0.252 e. The lowest BCUT2D eigenvalue weighted by Gasteiger charge is -2.03. The summed E-state index contributed by atoms with van der Waals surface area (Å²) in [7, 11) is -3.51. The lowest BCUT2D eigenvalue weighted by atomic mass is 10.4. The Morgan fingerprint density at radius 1 is 1.47 bits per heavy atom. The molecule has 1 fully saturated rings. The Balaban J connectivity index is 2.11. The van der Waals surface area contributed by atoms with Crippen LogP contribution in [0.2, 0.25) is 0 Å². The van der Waals surface area contributed by atoms with Crippen LogP contribution < -0.4 is 10.0 Å². The quantitative estimate of drug-likeness (QED) is 0.833. The highest BCUT2D eigenvalue weighted by atomic mass is 32.2. The number of anilines is 1. The lowest BCUT2D eigenvalue weighted by Crippen LogP contribution is -2.25. The van der Waals surface area contributed by atoms with Crippen LogP contribution in [-0.2, 0) is 14.8 Å². The molecule has 2 N–H and O–H groups in total. The van der Waals surface area contributed by atoms with Crippen LogP contribution in [-0.4, -0.2) is 25.9 Å². The number of sulfonamides is 1. The van der Waals surface area contributed by atoms with E-state index in [0.29, 0.717) is 29.7 Å². The van der Waals surface area contributed by atoms with Gasteiger partial charge in [0.25, 0.3) is 10.0 Å². The average molecular weight is 303 g/mol. The summed E-state index contributed by atoms with van der Waals surface area (Å²) in [6, 6.07) is 0. The van der Waals surface area contributed by atoms with Gasteiger partial charge in [-0.1, -0.05) is 18.3 Å². The third-order valence-corrected chi connectivity index (χ3v) is 5.93. The van der Waals surface area contributed by atoms with E-state index in [0.717, 1.165) is 24.2 Å². The van der Waals surface area contributed by atoms with Crippen LogP contribution in [0.5, 0.6) is 0 Å². The van der Waals surface area contributed by atoms with Gasteiger partial charge in [-0.2, -0.15) is 0 Å². The van der Waals surface area contributed by atoms with E-state index in [-0.39, 0.29) is 10.1 Å². The minimum Gasteiger partial charge on any atom is -0.302 e. The molecule has 0 aromatic carbocycles. The standard InChI is InChI=1S/C11H17N3O3S2/c1-3-9(15)14-11-13-7(2)10(18-11)19(16,17)12-6-8-4-5-8/h8,12H,3-6H2,1-2H3,(H,13,14,15). The lowest BCUT2D eigenvalue weighted by molar-refractivity contribution is -0.115. The fourth-order valence-corrected chi connectivity index (χ4v) is 4.10. The van der Waals surface area contributed by atoms with Crippen LogP contribution in [0.15, 0.2) is 4.21 Å². The molecule has 1 aliphatic carbocycles. The smallest absolute Gasteiger partial charge is 0.252 e. The summed E-state index contributed by atoms with van der Waals surface area (Å²) in [5.41, 5.74) is 0.416. The summed E-state index contributed by atoms with van der Waals surface area (Å²) < 4.78 is 27.0. The number of amides is 1. The molecule has 6 nitrogen and oxygen atoms in total. The van der Waals surface area contributed by atoms with Gasteiger partial charge in [0.1, 0.15) is 0 Å². The second-order valence-electron chi connectivity index (χ2n) is 4.59. The zero-order chi connectivity index (χ0) is 14.0. The number of nitrogens with zero attached hydrogens (tertiary/aromatic N) is 1. The molecule has 19 heavy (non-hydrogen) atoms. The van der Waals surface area contributed by atoms with Crippen LogP contribution >= 0.6 is 11.3 Å². The van der Waals surface area contributed by atoms with Gasteiger partial charge in [0.15, 0.2) is 9.34 Å². The van der Waals surface area contributed by atoms with Crippen LogP contribution in [0.3, 0.4) is 0 Å². The maximum atomic E-state index is 12.1. The summed E-state index contributed by atoms with van der Waals surface area (Å²) in [5, 5.41) is 2.91. The van der Waals surface area contributed by atoms with Crippen molar-refractivity contribution in [2.75, 3.05) is 11.9 Å². The molecule has 1 aromatic rings. The third kappa shape index (κ3) is 3.74. The van der Waals surface area contributed by atoms with Gasteiger partial charge in [0.2, 0.25) is 5.91 Å². The molecule has 0 aliphatic heterocycles. The molecule has 106 valence electrons. The monoisotopic (exact) mass is 303 g/mol. The normalized spacial score (nSPS) is 15.5. The van der Waals surface area contributed by atoms with E-state index in [2.05, 4.69) is 15.0 Å². The number of aryl methyl sites for hydroxylation is 1. The van der Waals surface area contributed by atoms with E-state index >= 15 is 0 Å². The van der Waals surface area contributed by atoms with Crippen molar-refractivity contribution >= 4 is 32.4 Å². The SMILES string of the molecule is CCC(=O)Nc1nc(C)c(S(=O)(=O)NCC2CC2)s1. The Morgan fingerprint density at radius 3 is 2.74 bits per heavy atom. The van der Waals surface area contributed by atoms with Gasteiger partial charge in [-0.3, -0.25) is 4.79 Å². The minimum atomic E-state index is -3.51. The maximum absolute atomic E-state index is 12.1. The zero-order valence-corrected chi connectivity index (χ0v) is 12.5. The number of hydrogen-bond donors (Lipinski definition) is 2. The second-order valence-corrected chi connectivity index (χ2v) is 7.55. The summed E-state index contributed by atoms with van der Waals surface area (Å²) >= 11 is 0.989. The molecule has 1 heterocycles. The Morgan fingerprint density at radius 2 is 2.16 bits per heavy atom. The molecule has 0 bridgehead atoms. The highest BCUT2D eigenvalue weighted by Crippen LogP contribution is 2.30. The van der Waals surface area contributed by atoms with Gasteiger partial charge in [-0.25, -0.2) is 18.1 Å². The van der Waals surface area contributed by atoms with E-state index in [1.54, 1.807) is 13.8 Å². The molecule has 0 unspecified atom stereocenters. The van der Waals surface area contributed by atoms with Crippen LogP contribution in [0.1, 0.15) is 31.9 Å². The highest BCUT2D eigenvalue weighted by Gasteiger charge is 2.27. The van der Waals surface area contributed by atoms with Crippen molar-refractivity contribution < 1.29 is 13.2 Å². The number of rotatable bonds is 6. The molecule has 8 heteroatoms. The predicted molar refractivity (Wildman–Crippen MR) is 73.7 cm³/mol. The van der Waals surface area contributed by atoms with Crippen molar-refractivity contribution in [3.05, 3.63) is 5.69 Å².